The number of hydrogen-bond donors (Lipinski definition) is 1. The maximum absolute atomic E-state index is 5.84. The molecule has 1 aromatic heterocycles. The summed E-state index contributed by atoms with van der Waals surface area (Å²) < 4.78 is 0. The van der Waals surface area contributed by atoms with Crippen LogP contribution < -0.4 is 5.73 Å². The minimum Gasteiger partial charge on any atom is -0.395 e. The molecular weight excluding hydrogens is 242 g/mol. The summed E-state index contributed by atoms with van der Waals surface area (Å²) in [6.07, 6.45) is 6.72. The first-order chi connectivity index (χ1) is 7.65. The Balaban J connectivity index is 2.05. The first-order valence-electron chi connectivity index (χ1n) is 5.60. The molecule has 2 atom stereocenters. The van der Waals surface area contributed by atoms with Gasteiger partial charge >= 0.3 is 0 Å². The van der Waals surface area contributed by atoms with E-state index in [4.69, 9.17) is 17.3 Å². The molecule has 2 unspecified atom stereocenters. The van der Waals surface area contributed by atoms with Crippen LogP contribution in [0.5, 0.6) is 0 Å². The molecule has 3 nitrogen and oxygen atoms in total. The second-order valence-electron chi connectivity index (χ2n) is 4.41. The standard InChI is InChI=1S/C11H16ClN3S/c1-7-3-2-4-8(5-7)16-10-9(13)6-14-11(12)15-10/h6-8H,2-5,13H2,1H3. The summed E-state index contributed by atoms with van der Waals surface area (Å²) in [7, 11) is 0. The molecule has 1 heterocycles. The van der Waals surface area contributed by atoms with Crippen LogP contribution in [0.25, 0.3) is 0 Å². The zero-order valence-electron chi connectivity index (χ0n) is 9.32. The van der Waals surface area contributed by atoms with Crippen LogP contribution in [-0.2, 0) is 0 Å². The van der Waals surface area contributed by atoms with Crippen LogP contribution in [0.3, 0.4) is 0 Å². The van der Waals surface area contributed by atoms with Gasteiger partial charge in [0.1, 0.15) is 5.03 Å². The number of nitrogens with zero attached hydrogens (tertiary/aromatic N) is 2. The predicted octanol–water partition coefficient (Wildman–Crippen LogP) is 3.38. The summed E-state index contributed by atoms with van der Waals surface area (Å²) in [5, 5.41) is 1.73. The Morgan fingerprint density at radius 2 is 2.31 bits per heavy atom. The van der Waals surface area contributed by atoms with Crippen molar-refractivity contribution in [2.75, 3.05) is 5.73 Å². The third-order valence-corrected chi connectivity index (χ3v) is 4.41. The molecule has 1 aromatic rings. The first-order valence-corrected chi connectivity index (χ1v) is 6.85. The smallest absolute Gasteiger partial charge is 0.223 e. The van der Waals surface area contributed by atoms with E-state index in [1.807, 2.05) is 0 Å². The van der Waals surface area contributed by atoms with Crippen molar-refractivity contribution in [2.24, 2.45) is 5.92 Å². The average molecular weight is 258 g/mol. The number of halogens is 1. The molecule has 0 bridgehead atoms. The molecule has 0 aromatic carbocycles. The van der Waals surface area contributed by atoms with Crippen LogP contribution in [0.4, 0.5) is 5.69 Å². The third kappa shape index (κ3) is 3.01. The lowest BCUT2D eigenvalue weighted by molar-refractivity contribution is 0.394. The number of anilines is 1. The van der Waals surface area contributed by atoms with Gasteiger partial charge in [0, 0.05) is 5.25 Å². The highest BCUT2D eigenvalue weighted by Crippen LogP contribution is 2.37. The van der Waals surface area contributed by atoms with E-state index in [0.29, 0.717) is 10.9 Å². The van der Waals surface area contributed by atoms with Gasteiger partial charge in [-0.2, -0.15) is 0 Å². The van der Waals surface area contributed by atoms with Gasteiger partial charge in [0.25, 0.3) is 0 Å². The number of thioether (sulfide) groups is 1. The second kappa shape index (κ2) is 5.23. The van der Waals surface area contributed by atoms with Crippen molar-refractivity contribution in [3.63, 3.8) is 0 Å². The minimum absolute atomic E-state index is 0.278. The summed E-state index contributed by atoms with van der Waals surface area (Å²) in [5.41, 5.74) is 6.47. The van der Waals surface area contributed by atoms with Gasteiger partial charge in [0.15, 0.2) is 0 Å². The highest BCUT2D eigenvalue weighted by Gasteiger charge is 2.21. The average Bonchev–Trinajstić information content (AvgIpc) is 2.24. The van der Waals surface area contributed by atoms with E-state index in [-0.39, 0.29) is 5.28 Å². The van der Waals surface area contributed by atoms with Gasteiger partial charge in [-0.05, 0) is 30.4 Å². The molecule has 2 rings (SSSR count). The highest BCUT2D eigenvalue weighted by molar-refractivity contribution is 8.00. The quantitative estimate of drug-likeness (QED) is 0.652. The monoisotopic (exact) mass is 257 g/mol. The Hall–Kier alpha value is -0.480. The maximum Gasteiger partial charge on any atom is 0.223 e. The zero-order chi connectivity index (χ0) is 11.5. The van der Waals surface area contributed by atoms with E-state index < -0.39 is 0 Å². The Morgan fingerprint density at radius 3 is 3.06 bits per heavy atom. The number of hydrogen-bond acceptors (Lipinski definition) is 4. The molecule has 0 saturated heterocycles. The Morgan fingerprint density at radius 1 is 1.50 bits per heavy atom. The van der Waals surface area contributed by atoms with Crippen molar-refractivity contribution < 1.29 is 0 Å². The maximum atomic E-state index is 5.84. The molecule has 1 aliphatic carbocycles. The van der Waals surface area contributed by atoms with Gasteiger partial charge < -0.3 is 5.73 Å². The second-order valence-corrected chi connectivity index (χ2v) is 6.04. The fraction of sp³-hybridized carbons (Fsp3) is 0.636. The molecule has 0 spiro atoms. The van der Waals surface area contributed by atoms with Crippen LogP contribution >= 0.6 is 23.4 Å². The molecule has 2 N–H and O–H groups in total. The topological polar surface area (TPSA) is 51.8 Å². The van der Waals surface area contributed by atoms with Gasteiger partial charge in [-0.15, -0.1) is 11.8 Å². The van der Waals surface area contributed by atoms with Gasteiger partial charge in [0.05, 0.1) is 11.9 Å². The van der Waals surface area contributed by atoms with E-state index in [1.165, 1.54) is 25.7 Å². The third-order valence-electron chi connectivity index (χ3n) is 2.92. The van der Waals surface area contributed by atoms with Gasteiger partial charge in [-0.3, -0.25) is 0 Å². The Kier molecular flexibility index (Phi) is 3.92. The number of nitrogens with two attached hydrogens (primary N) is 1. The lowest BCUT2D eigenvalue weighted by Crippen LogP contribution is -2.15. The molecule has 0 amide bonds. The first kappa shape index (κ1) is 12.0. The van der Waals surface area contributed by atoms with Crippen LogP contribution in [0.1, 0.15) is 32.6 Å². The molecule has 0 aliphatic heterocycles. The number of nitrogen functional groups attached to an aromatic ring is 1. The largest absolute Gasteiger partial charge is 0.395 e. The van der Waals surface area contributed by atoms with Crippen LogP contribution in [-0.4, -0.2) is 15.2 Å². The van der Waals surface area contributed by atoms with Gasteiger partial charge in [-0.1, -0.05) is 19.8 Å². The van der Waals surface area contributed by atoms with Crippen LogP contribution in [0, 0.1) is 5.92 Å². The normalized spacial score (nSPS) is 25.6. The van der Waals surface area contributed by atoms with Crippen molar-refractivity contribution in [3.8, 4) is 0 Å². The van der Waals surface area contributed by atoms with Crippen LogP contribution in [0.15, 0.2) is 11.2 Å². The van der Waals surface area contributed by atoms with Crippen molar-refractivity contribution in [3.05, 3.63) is 11.5 Å². The summed E-state index contributed by atoms with van der Waals surface area (Å²) >= 11 is 7.52. The molecule has 88 valence electrons. The zero-order valence-corrected chi connectivity index (χ0v) is 10.9. The molecule has 1 aliphatic rings. The van der Waals surface area contributed by atoms with Crippen molar-refractivity contribution in [1.29, 1.82) is 0 Å². The fourth-order valence-corrected chi connectivity index (χ4v) is 3.63. The van der Waals surface area contributed by atoms with E-state index >= 15 is 0 Å². The Bertz CT molecular complexity index is 372. The summed E-state index contributed by atoms with van der Waals surface area (Å²) in [6, 6.07) is 0. The van der Waals surface area contributed by atoms with E-state index in [0.717, 1.165) is 10.9 Å². The Labute approximate surface area is 105 Å². The molecule has 1 fully saturated rings. The SMILES string of the molecule is CC1CCCC(Sc2nc(Cl)ncc2N)C1. The summed E-state index contributed by atoms with van der Waals surface area (Å²) in [6.45, 7) is 2.31. The molecular formula is C11H16ClN3S. The van der Waals surface area contributed by atoms with E-state index in [2.05, 4.69) is 16.9 Å². The lowest BCUT2D eigenvalue weighted by atomic mass is 9.91. The van der Waals surface area contributed by atoms with Crippen LogP contribution in [0.2, 0.25) is 5.28 Å². The van der Waals surface area contributed by atoms with Gasteiger partial charge in [0.2, 0.25) is 5.28 Å². The minimum atomic E-state index is 0.278. The fourth-order valence-electron chi connectivity index (χ4n) is 2.09. The summed E-state index contributed by atoms with van der Waals surface area (Å²) in [4.78, 5) is 8.05. The molecule has 0 radical (unpaired) electrons. The predicted molar refractivity (Wildman–Crippen MR) is 68.7 cm³/mol. The number of aromatic nitrogens is 2. The van der Waals surface area contributed by atoms with Crippen molar-refractivity contribution >= 4 is 29.1 Å². The van der Waals surface area contributed by atoms with Crippen molar-refractivity contribution in [1.82, 2.24) is 9.97 Å². The molecule has 16 heavy (non-hydrogen) atoms. The molecule has 1 saturated carbocycles. The van der Waals surface area contributed by atoms with Crippen molar-refractivity contribution in [2.45, 2.75) is 42.9 Å². The highest BCUT2D eigenvalue weighted by atomic mass is 35.5. The number of rotatable bonds is 2. The van der Waals surface area contributed by atoms with E-state index in [1.54, 1.807) is 18.0 Å². The van der Waals surface area contributed by atoms with Gasteiger partial charge in [-0.25, -0.2) is 9.97 Å². The lowest BCUT2D eigenvalue weighted by Gasteiger charge is -2.26. The molecule has 5 heteroatoms. The summed E-state index contributed by atoms with van der Waals surface area (Å²) in [5.74, 6) is 0.810. The van der Waals surface area contributed by atoms with E-state index in [9.17, 15) is 0 Å².